The van der Waals surface area contributed by atoms with E-state index in [2.05, 4.69) is 233 Å². The fourth-order valence-electron chi connectivity index (χ4n) is 9.57. The van der Waals surface area contributed by atoms with Crippen LogP contribution in [-0.4, -0.2) is 16.1 Å². The Morgan fingerprint density at radius 3 is 0.969 bits per heavy atom. The Kier molecular flexibility index (Phi) is 9.28. The van der Waals surface area contributed by atoms with Crippen LogP contribution >= 0.6 is 0 Å². The van der Waals surface area contributed by atoms with E-state index in [1.54, 1.807) is 0 Å². The first-order valence-corrected chi connectivity index (χ1v) is 29.4. The molecule has 314 valence electrons. The van der Waals surface area contributed by atoms with Gasteiger partial charge >= 0.3 is 0 Å². The molecule has 0 aliphatic rings. The third-order valence-corrected chi connectivity index (χ3v) is 17.2. The molecule has 9 aromatic carbocycles. The van der Waals surface area contributed by atoms with E-state index in [0.717, 1.165) is 99.5 Å². The van der Waals surface area contributed by atoms with E-state index in [1.165, 1.54) is 21.5 Å². The van der Waals surface area contributed by atoms with Crippen molar-refractivity contribution in [2.45, 2.75) is 53.1 Å². The number of hydrogen-bond acceptors (Lipinski definition) is 4. The predicted molar refractivity (Wildman–Crippen MR) is 281 cm³/mol. The highest BCUT2D eigenvalue weighted by atomic mass is 28.3. The summed E-state index contributed by atoms with van der Waals surface area (Å²) in [6.45, 7) is 18.7. The fraction of sp³-hybridized carbons (Fsp3) is 0.138. The summed E-state index contributed by atoms with van der Waals surface area (Å²) < 4.78 is 14.0. The van der Waals surface area contributed by atoms with E-state index in [1.807, 2.05) is 0 Å². The SMILES string of the molecule is Cc1ccc(N(c2ccc(C)cc2)c2cc3oc4cc5c(cc4c3c3ccccc23)oc2cc(N(c3ccc([Si](C)(C)C)cc3)c3ccc([Si](C)(C)C)cc3)c3ccccc3c25)cc1. The van der Waals surface area contributed by atoms with E-state index < -0.39 is 16.1 Å². The lowest BCUT2D eigenvalue weighted by molar-refractivity contribution is 0.664. The van der Waals surface area contributed by atoms with Gasteiger partial charge in [-0.1, -0.05) is 158 Å². The highest BCUT2D eigenvalue weighted by Gasteiger charge is 2.25. The summed E-state index contributed by atoms with van der Waals surface area (Å²) in [6.07, 6.45) is 0. The molecule has 0 unspecified atom stereocenters. The summed E-state index contributed by atoms with van der Waals surface area (Å²) in [6, 6.07) is 62.5. The third-order valence-electron chi connectivity index (χ3n) is 13.1. The molecule has 4 nitrogen and oxygen atoms in total. The Labute approximate surface area is 377 Å². The molecule has 2 aromatic heterocycles. The van der Waals surface area contributed by atoms with Crippen molar-refractivity contribution in [3.63, 3.8) is 0 Å². The van der Waals surface area contributed by atoms with Crippen molar-refractivity contribution in [3.8, 4) is 0 Å². The predicted octanol–water partition coefficient (Wildman–Crippen LogP) is 16.4. The molecule has 0 saturated carbocycles. The first-order valence-electron chi connectivity index (χ1n) is 22.4. The molecule has 0 aliphatic heterocycles. The Bertz CT molecular complexity index is 3470. The van der Waals surface area contributed by atoms with Crippen LogP contribution in [-0.2, 0) is 0 Å². The molecule has 64 heavy (non-hydrogen) atoms. The van der Waals surface area contributed by atoms with Gasteiger partial charge in [-0.2, -0.15) is 0 Å². The fourth-order valence-corrected chi connectivity index (χ4v) is 11.9. The van der Waals surface area contributed by atoms with Crippen LogP contribution < -0.4 is 20.2 Å². The summed E-state index contributed by atoms with van der Waals surface area (Å²) in [5.74, 6) is 0. The lowest BCUT2D eigenvalue weighted by Crippen LogP contribution is -2.37. The van der Waals surface area contributed by atoms with Crippen LogP contribution in [0.25, 0.3) is 65.4 Å². The zero-order valence-electron chi connectivity index (χ0n) is 37.9. The van der Waals surface area contributed by atoms with Gasteiger partial charge in [0.05, 0.1) is 27.5 Å². The number of benzene rings is 9. The topological polar surface area (TPSA) is 32.8 Å². The summed E-state index contributed by atoms with van der Waals surface area (Å²) in [5.41, 5.74) is 12.4. The van der Waals surface area contributed by atoms with Crippen molar-refractivity contribution >= 4 is 126 Å². The number of rotatable bonds is 8. The molecule has 11 aromatic rings. The Morgan fingerprint density at radius 1 is 0.328 bits per heavy atom. The van der Waals surface area contributed by atoms with Crippen molar-refractivity contribution in [1.29, 1.82) is 0 Å². The number of hydrogen-bond donors (Lipinski definition) is 0. The van der Waals surface area contributed by atoms with Crippen LogP contribution in [0.2, 0.25) is 39.3 Å². The van der Waals surface area contributed by atoms with Gasteiger partial charge in [0, 0.05) is 67.2 Å². The van der Waals surface area contributed by atoms with E-state index in [9.17, 15) is 0 Å². The largest absolute Gasteiger partial charge is 0.456 e. The molecule has 2 heterocycles. The Balaban J connectivity index is 1.13. The molecular weight excluding hydrogens is 813 g/mol. The first-order chi connectivity index (χ1) is 30.8. The third kappa shape index (κ3) is 6.71. The maximum absolute atomic E-state index is 7.02. The highest BCUT2D eigenvalue weighted by molar-refractivity contribution is 6.89. The lowest BCUT2D eigenvalue weighted by Gasteiger charge is -2.28. The normalized spacial score (nSPS) is 12.4. The van der Waals surface area contributed by atoms with Gasteiger partial charge in [-0.15, -0.1) is 0 Å². The Morgan fingerprint density at radius 2 is 0.641 bits per heavy atom. The molecule has 0 spiro atoms. The van der Waals surface area contributed by atoms with E-state index in [4.69, 9.17) is 8.83 Å². The summed E-state index contributed by atoms with van der Waals surface area (Å²) >= 11 is 0. The van der Waals surface area contributed by atoms with Crippen LogP contribution in [0.1, 0.15) is 11.1 Å². The van der Waals surface area contributed by atoms with Gasteiger partial charge in [0.2, 0.25) is 0 Å². The number of anilines is 6. The molecule has 0 bridgehead atoms. The van der Waals surface area contributed by atoms with Crippen molar-refractivity contribution in [2.24, 2.45) is 0 Å². The molecule has 0 fully saturated rings. The van der Waals surface area contributed by atoms with Crippen LogP contribution in [0.15, 0.2) is 179 Å². The average Bonchev–Trinajstić information content (AvgIpc) is 3.83. The second-order valence-corrected chi connectivity index (χ2v) is 29.8. The maximum Gasteiger partial charge on any atom is 0.138 e. The molecule has 0 amide bonds. The number of fused-ring (bicyclic) bond motifs is 10. The standard InChI is InChI=1S/C58H52N2O2Si2/c1-37-17-21-39(22-18-37)59(40-23-19-38(2)20-24-40)51-35-55-57(47-15-11-9-13-45(47)51)49-33-54-50(34-53(49)61-55)58-48-16-12-10-14-46(48)52(36-56(58)62-54)60(41-25-29-43(30-26-41)63(3,4)5)42-27-31-44(32-28-42)64(6,7)8/h9-36H,1-8H3. The van der Waals surface area contributed by atoms with Crippen LogP contribution in [0.5, 0.6) is 0 Å². The monoisotopic (exact) mass is 864 g/mol. The molecule has 0 saturated heterocycles. The molecule has 0 N–H and O–H groups in total. The summed E-state index contributed by atoms with van der Waals surface area (Å²) in [5, 5.41) is 11.7. The first kappa shape index (κ1) is 39.9. The van der Waals surface area contributed by atoms with Gasteiger partial charge in [-0.3, -0.25) is 0 Å². The lowest BCUT2D eigenvalue weighted by atomic mass is 9.98. The van der Waals surface area contributed by atoms with Gasteiger partial charge in [0.15, 0.2) is 0 Å². The van der Waals surface area contributed by atoms with E-state index >= 15 is 0 Å². The Hall–Kier alpha value is -6.87. The zero-order valence-corrected chi connectivity index (χ0v) is 39.9. The minimum absolute atomic E-state index is 0.837. The number of nitrogens with zero attached hydrogens (tertiary/aromatic N) is 2. The van der Waals surface area contributed by atoms with Gasteiger partial charge in [0.25, 0.3) is 0 Å². The van der Waals surface area contributed by atoms with Crippen molar-refractivity contribution in [3.05, 3.63) is 181 Å². The van der Waals surface area contributed by atoms with Crippen LogP contribution in [0.3, 0.4) is 0 Å². The maximum atomic E-state index is 7.02. The smallest absolute Gasteiger partial charge is 0.138 e. The van der Waals surface area contributed by atoms with Gasteiger partial charge in [-0.25, -0.2) is 0 Å². The molecule has 6 heteroatoms. The summed E-state index contributed by atoms with van der Waals surface area (Å²) in [4.78, 5) is 4.76. The van der Waals surface area contributed by atoms with E-state index in [0.29, 0.717) is 0 Å². The summed E-state index contributed by atoms with van der Waals surface area (Å²) in [7, 11) is -3.01. The van der Waals surface area contributed by atoms with Crippen LogP contribution in [0, 0.1) is 13.8 Å². The van der Waals surface area contributed by atoms with Gasteiger partial charge < -0.3 is 18.6 Å². The number of aryl methyl sites for hydroxylation is 2. The molecule has 0 radical (unpaired) electrons. The minimum Gasteiger partial charge on any atom is -0.456 e. The molecule has 0 atom stereocenters. The highest BCUT2D eigenvalue weighted by Crippen LogP contribution is 2.48. The second kappa shape index (κ2) is 14.9. The van der Waals surface area contributed by atoms with Crippen LogP contribution in [0.4, 0.5) is 34.1 Å². The minimum atomic E-state index is -1.50. The second-order valence-electron chi connectivity index (χ2n) is 19.6. The van der Waals surface area contributed by atoms with Crippen molar-refractivity contribution in [2.75, 3.05) is 9.80 Å². The zero-order chi connectivity index (χ0) is 44.1. The average molecular weight is 865 g/mol. The van der Waals surface area contributed by atoms with Crippen molar-refractivity contribution < 1.29 is 8.83 Å². The van der Waals surface area contributed by atoms with E-state index in [-0.39, 0.29) is 0 Å². The molecule has 11 rings (SSSR count). The van der Waals surface area contributed by atoms with Gasteiger partial charge in [0.1, 0.15) is 22.3 Å². The quantitative estimate of drug-likeness (QED) is 0.143. The molecule has 0 aliphatic carbocycles. The van der Waals surface area contributed by atoms with Gasteiger partial charge in [-0.05, 0) is 85.3 Å². The molecular formula is C58H52N2O2Si2. The number of furan rings is 2. The van der Waals surface area contributed by atoms with Crippen molar-refractivity contribution in [1.82, 2.24) is 0 Å².